The molecule has 30 heavy (non-hydrogen) atoms. The van der Waals surface area contributed by atoms with Crippen molar-refractivity contribution in [3.05, 3.63) is 115 Å². The van der Waals surface area contributed by atoms with E-state index in [0.717, 1.165) is 17.2 Å². The third-order valence-corrected chi connectivity index (χ3v) is 7.29. The van der Waals surface area contributed by atoms with Crippen LogP contribution >= 0.6 is 31.9 Å². The molecule has 3 aromatic rings. The van der Waals surface area contributed by atoms with Gasteiger partial charge in [-0.1, -0.05) is 98.6 Å². The summed E-state index contributed by atoms with van der Waals surface area (Å²) in [6.45, 7) is 0. The van der Waals surface area contributed by atoms with Crippen molar-refractivity contribution in [1.82, 2.24) is 0 Å². The molecule has 3 rings (SSSR count). The van der Waals surface area contributed by atoms with Gasteiger partial charge in [0.05, 0.1) is 31.1 Å². The fraction of sp³-hybridized carbons (Fsp3) is 0.0909. The van der Waals surface area contributed by atoms with Crippen molar-refractivity contribution >= 4 is 55.4 Å². The first-order chi connectivity index (χ1) is 14.4. The van der Waals surface area contributed by atoms with E-state index in [9.17, 15) is 20.2 Å². The standard InChI is InChI=1S/C22H16Br2N2O4/c23-21(16-9-5-2-6-10-16)22(24)18-13-17(12-11-15-7-3-1-4-8-15)19(25(27)28)14-20(18)26(29)30/h1-14,21-22H/t21-,22+/m1/s1. The van der Waals surface area contributed by atoms with Crippen LogP contribution < -0.4 is 0 Å². The Morgan fingerprint density at radius 1 is 0.733 bits per heavy atom. The highest BCUT2D eigenvalue weighted by molar-refractivity contribution is 9.12. The summed E-state index contributed by atoms with van der Waals surface area (Å²) < 4.78 is 0. The first-order valence-electron chi connectivity index (χ1n) is 8.91. The monoisotopic (exact) mass is 530 g/mol. The van der Waals surface area contributed by atoms with Gasteiger partial charge in [0.15, 0.2) is 0 Å². The van der Waals surface area contributed by atoms with Gasteiger partial charge in [0, 0.05) is 5.56 Å². The number of nitro benzene ring substituents is 2. The molecule has 0 N–H and O–H groups in total. The van der Waals surface area contributed by atoms with Gasteiger partial charge in [-0.05, 0) is 23.3 Å². The lowest BCUT2D eigenvalue weighted by molar-refractivity contribution is -0.394. The van der Waals surface area contributed by atoms with Crippen molar-refractivity contribution in [2.24, 2.45) is 0 Å². The Morgan fingerprint density at radius 2 is 1.30 bits per heavy atom. The molecule has 0 heterocycles. The first-order valence-corrected chi connectivity index (χ1v) is 10.7. The minimum Gasteiger partial charge on any atom is -0.258 e. The van der Waals surface area contributed by atoms with Crippen molar-refractivity contribution in [2.45, 2.75) is 9.65 Å². The van der Waals surface area contributed by atoms with Crippen LogP contribution in [-0.4, -0.2) is 9.85 Å². The maximum atomic E-state index is 11.7. The van der Waals surface area contributed by atoms with Crippen LogP contribution in [0.5, 0.6) is 0 Å². The largest absolute Gasteiger partial charge is 0.283 e. The van der Waals surface area contributed by atoms with Gasteiger partial charge in [-0.2, -0.15) is 0 Å². The summed E-state index contributed by atoms with van der Waals surface area (Å²) in [5.74, 6) is 0. The number of benzene rings is 3. The van der Waals surface area contributed by atoms with E-state index in [1.807, 2.05) is 60.7 Å². The van der Waals surface area contributed by atoms with Gasteiger partial charge in [0.25, 0.3) is 11.4 Å². The normalized spacial score (nSPS) is 13.1. The molecule has 6 nitrogen and oxygen atoms in total. The van der Waals surface area contributed by atoms with E-state index in [4.69, 9.17) is 0 Å². The molecule has 0 fully saturated rings. The molecule has 0 amide bonds. The van der Waals surface area contributed by atoms with Crippen molar-refractivity contribution in [1.29, 1.82) is 0 Å². The maximum Gasteiger partial charge on any atom is 0.283 e. The minimum absolute atomic E-state index is 0.273. The van der Waals surface area contributed by atoms with Crippen molar-refractivity contribution in [2.75, 3.05) is 0 Å². The molecule has 3 aromatic carbocycles. The molecule has 152 valence electrons. The predicted molar refractivity (Wildman–Crippen MR) is 125 cm³/mol. The van der Waals surface area contributed by atoms with E-state index in [0.29, 0.717) is 11.1 Å². The summed E-state index contributed by atoms with van der Waals surface area (Å²) >= 11 is 7.15. The molecule has 0 saturated carbocycles. The SMILES string of the molecule is O=[N+]([O-])c1cc([N+](=O)[O-])c([C@H](Br)[C@H](Br)c2ccccc2)cc1C=Cc1ccccc1. The van der Waals surface area contributed by atoms with Gasteiger partial charge < -0.3 is 0 Å². The quantitative estimate of drug-likeness (QED) is 0.139. The Morgan fingerprint density at radius 3 is 1.87 bits per heavy atom. The summed E-state index contributed by atoms with van der Waals surface area (Å²) in [5.41, 5.74) is 1.81. The molecule has 0 aliphatic rings. The fourth-order valence-corrected chi connectivity index (χ4v) is 4.26. The third kappa shape index (κ3) is 5.01. The Kier molecular flexibility index (Phi) is 7.12. The number of hydrogen-bond acceptors (Lipinski definition) is 4. The second-order valence-corrected chi connectivity index (χ2v) is 8.42. The Bertz CT molecular complexity index is 1090. The second-order valence-electron chi connectivity index (χ2n) is 6.44. The zero-order chi connectivity index (χ0) is 21.7. The lowest BCUT2D eigenvalue weighted by Crippen LogP contribution is -2.05. The van der Waals surface area contributed by atoms with E-state index in [-0.39, 0.29) is 16.2 Å². The lowest BCUT2D eigenvalue weighted by atomic mass is 9.98. The van der Waals surface area contributed by atoms with E-state index < -0.39 is 14.7 Å². The van der Waals surface area contributed by atoms with E-state index >= 15 is 0 Å². The van der Waals surface area contributed by atoms with Crippen molar-refractivity contribution in [3.63, 3.8) is 0 Å². The van der Waals surface area contributed by atoms with Crippen LogP contribution in [0.3, 0.4) is 0 Å². The number of nitrogens with zero attached hydrogens (tertiary/aromatic N) is 2. The maximum absolute atomic E-state index is 11.7. The molecular weight excluding hydrogens is 516 g/mol. The Hall–Kier alpha value is -2.84. The molecule has 8 heteroatoms. The average Bonchev–Trinajstić information content (AvgIpc) is 2.77. The summed E-state index contributed by atoms with van der Waals surface area (Å²) in [5, 5.41) is 23.3. The van der Waals surface area contributed by atoms with Crippen LogP contribution in [0.4, 0.5) is 11.4 Å². The lowest BCUT2D eigenvalue weighted by Gasteiger charge is -2.18. The number of hydrogen-bond donors (Lipinski definition) is 0. The third-order valence-electron chi connectivity index (χ3n) is 4.50. The Labute approximate surface area is 189 Å². The highest BCUT2D eigenvalue weighted by atomic mass is 79.9. The van der Waals surface area contributed by atoms with Gasteiger partial charge in [0.1, 0.15) is 0 Å². The van der Waals surface area contributed by atoms with Gasteiger partial charge in [-0.15, -0.1) is 0 Å². The van der Waals surface area contributed by atoms with Crippen molar-refractivity contribution in [3.8, 4) is 0 Å². The fourth-order valence-electron chi connectivity index (χ4n) is 3.00. The second kappa shape index (κ2) is 9.77. The number of rotatable bonds is 7. The zero-order valence-electron chi connectivity index (χ0n) is 15.5. The van der Waals surface area contributed by atoms with Gasteiger partial charge in [0.2, 0.25) is 0 Å². The first kappa shape index (κ1) is 21.9. The highest BCUT2D eigenvalue weighted by Crippen LogP contribution is 2.46. The Balaban J connectivity index is 2.10. The summed E-state index contributed by atoms with van der Waals surface area (Å²) in [6, 6.07) is 21.3. The molecule has 0 aliphatic carbocycles. The van der Waals surface area contributed by atoms with Crippen LogP contribution in [-0.2, 0) is 0 Å². The van der Waals surface area contributed by atoms with Crippen LogP contribution in [0.25, 0.3) is 12.2 Å². The van der Waals surface area contributed by atoms with E-state index in [1.165, 1.54) is 6.07 Å². The van der Waals surface area contributed by atoms with Crippen molar-refractivity contribution < 1.29 is 9.85 Å². The van der Waals surface area contributed by atoms with E-state index in [1.54, 1.807) is 12.2 Å². The zero-order valence-corrected chi connectivity index (χ0v) is 18.7. The van der Waals surface area contributed by atoms with Gasteiger partial charge >= 0.3 is 0 Å². The van der Waals surface area contributed by atoms with Crippen LogP contribution in [0.2, 0.25) is 0 Å². The number of nitro groups is 2. The van der Waals surface area contributed by atoms with Gasteiger partial charge in [-0.25, -0.2) is 0 Å². The molecule has 0 unspecified atom stereocenters. The van der Waals surface area contributed by atoms with Crippen LogP contribution in [0, 0.1) is 20.2 Å². The van der Waals surface area contributed by atoms with E-state index in [2.05, 4.69) is 31.9 Å². The van der Waals surface area contributed by atoms with Gasteiger partial charge in [-0.3, -0.25) is 20.2 Å². The molecule has 2 atom stereocenters. The predicted octanol–water partition coefficient (Wildman–Crippen LogP) is 7.25. The summed E-state index contributed by atoms with van der Waals surface area (Å²) in [7, 11) is 0. The highest BCUT2D eigenvalue weighted by Gasteiger charge is 2.30. The van der Waals surface area contributed by atoms with Crippen LogP contribution in [0.1, 0.15) is 31.9 Å². The topological polar surface area (TPSA) is 86.3 Å². The molecule has 0 saturated heterocycles. The average molecular weight is 532 g/mol. The molecule has 0 spiro atoms. The number of halogens is 2. The molecule has 0 bridgehead atoms. The molecule has 0 aliphatic heterocycles. The summed E-state index contributed by atoms with van der Waals surface area (Å²) in [4.78, 5) is 21.3. The molecule has 0 radical (unpaired) electrons. The summed E-state index contributed by atoms with van der Waals surface area (Å²) in [6.07, 6.45) is 3.34. The smallest absolute Gasteiger partial charge is 0.258 e. The van der Waals surface area contributed by atoms with Crippen LogP contribution in [0.15, 0.2) is 72.8 Å². The number of alkyl halides is 2. The molecule has 0 aromatic heterocycles. The minimum atomic E-state index is -0.604. The molecular formula is C22H16Br2N2O4.